The third-order valence-electron chi connectivity index (χ3n) is 3.51. The number of nitrogens with zero attached hydrogens (tertiary/aromatic N) is 1. The predicted octanol–water partition coefficient (Wildman–Crippen LogP) is 5.52. The van der Waals surface area contributed by atoms with Gasteiger partial charge in [-0.1, -0.05) is 6.07 Å². The lowest BCUT2D eigenvalue weighted by molar-refractivity contribution is -0.274. The zero-order chi connectivity index (χ0) is 19.1. The van der Waals surface area contributed by atoms with Crippen LogP contribution in [0.4, 0.5) is 26.3 Å². The second-order valence-electron chi connectivity index (χ2n) is 5.35. The molecule has 0 atom stereocenters. The van der Waals surface area contributed by atoms with Crippen molar-refractivity contribution in [2.45, 2.75) is 12.5 Å². The molecule has 0 saturated heterocycles. The number of phenols is 1. The Kier molecular flexibility index (Phi) is 4.17. The first-order chi connectivity index (χ1) is 12.0. The van der Waals surface area contributed by atoms with E-state index in [1.54, 1.807) is 0 Å². The van der Waals surface area contributed by atoms with E-state index in [2.05, 4.69) is 9.72 Å². The molecule has 2 aromatic carbocycles. The van der Waals surface area contributed by atoms with Crippen LogP contribution in [0.2, 0.25) is 0 Å². The molecule has 0 radical (unpaired) electrons. The van der Waals surface area contributed by atoms with Gasteiger partial charge in [0.1, 0.15) is 11.5 Å². The van der Waals surface area contributed by atoms with E-state index in [4.69, 9.17) is 0 Å². The zero-order valence-electron chi connectivity index (χ0n) is 12.7. The Bertz CT molecular complexity index is 966. The molecule has 0 bridgehead atoms. The zero-order valence-corrected chi connectivity index (χ0v) is 12.7. The van der Waals surface area contributed by atoms with Crippen molar-refractivity contribution in [2.75, 3.05) is 0 Å². The van der Waals surface area contributed by atoms with E-state index in [1.807, 2.05) is 0 Å². The summed E-state index contributed by atoms with van der Waals surface area (Å²) in [5, 5.41) is 9.94. The molecule has 1 N–H and O–H groups in total. The Hall–Kier alpha value is -2.97. The van der Waals surface area contributed by atoms with Crippen LogP contribution in [-0.2, 0) is 6.18 Å². The average molecular weight is 373 g/mol. The van der Waals surface area contributed by atoms with Gasteiger partial charge in [-0.15, -0.1) is 13.2 Å². The van der Waals surface area contributed by atoms with E-state index in [-0.39, 0.29) is 16.5 Å². The summed E-state index contributed by atoms with van der Waals surface area (Å²) in [4.78, 5) is 3.87. The SMILES string of the molecule is Oc1cc(OC(F)(F)F)cc(-c2ccnc3cc(C(F)(F)F)ccc23)c1. The van der Waals surface area contributed by atoms with E-state index in [1.165, 1.54) is 24.4 Å². The summed E-state index contributed by atoms with van der Waals surface area (Å²) >= 11 is 0. The number of rotatable bonds is 2. The first-order valence-electron chi connectivity index (χ1n) is 7.09. The Morgan fingerprint density at radius 2 is 1.62 bits per heavy atom. The van der Waals surface area contributed by atoms with Crippen molar-refractivity contribution < 1.29 is 36.2 Å². The number of fused-ring (bicyclic) bond motifs is 1. The largest absolute Gasteiger partial charge is 0.573 e. The van der Waals surface area contributed by atoms with Gasteiger partial charge in [-0.3, -0.25) is 4.98 Å². The Morgan fingerprint density at radius 3 is 2.27 bits per heavy atom. The maximum Gasteiger partial charge on any atom is 0.573 e. The first kappa shape index (κ1) is 17.8. The minimum absolute atomic E-state index is 0.0129. The number of ether oxygens (including phenoxy) is 1. The highest BCUT2D eigenvalue weighted by Gasteiger charge is 2.32. The normalized spacial score (nSPS) is 12.4. The fourth-order valence-corrected chi connectivity index (χ4v) is 2.51. The molecule has 0 fully saturated rings. The molecule has 0 aliphatic carbocycles. The number of benzene rings is 2. The van der Waals surface area contributed by atoms with Gasteiger partial charge in [-0.25, -0.2) is 0 Å². The molecule has 9 heteroatoms. The number of phenolic OH excluding ortho intramolecular Hbond substituents is 1. The predicted molar refractivity (Wildman–Crippen MR) is 80.5 cm³/mol. The first-order valence-corrected chi connectivity index (χ1v) is 7.09. The summed E-state index contributed by atoms with van der Waals surface area (Å²) in [5.41, 5.74) is -0.450. The van der Waals surface area contributed by atoms with Gasteiger partial charge >= 0.3 is 12.5 Å². The molecule has 3 nitrogen and oxygen atoms in total. The summed E-state index contributed by atoms with van der Waals surface area (Å²) in [5.74, 6) is -1.14. The van der Waals surface area contributed by atoms with E-state index in [0.29, 0.717) is 5.56 Å². The molecule has 3 aromatic rings. The van der Waals surface area contributed by atoms with Crippen LogP contribution < -0.4 is 4.74 Å². The lowest BCUT2D eigenvalue weighted by Gasteiger charge is -2.13. The molecule has 26 heavy (non-hydrogen) atoms. The van der Waals surface area contributed by atoms with Crippen molar-refractivity contribution in [1.82, 2.24) is 4.98 Å². The van der Waals surface area contributed by atoms with Crippen molar-refractivity contribution in [3.05, 3.63) is 54.2 Å². The van der Waals surface area contributed by atoms with Crippen molar-refractivity contribution >= 4 is 10.9 Å². The molecule has 0 saturated carbocycles. The standard InChI is InChI=1S/C17H9F6NO2/c18-16(19,20)10-1-2-14-13(3-4-24-15(14)7-10)9-5-11(25)8-12(6-9)26-17(21,22)23/h1-8,25H. The average Bonchev–Trinajstić information content (AvgIpc) is 2.50. The second-order valence-corrected chi connectivity index (χ2v) is 5.35. The molecule has 1 heterocycles. The van der Waals surface area contributed by atoms with Crippen LogP contribution in [0.3, 0.4) is 0 Å². The van der Waals surface area contributed by atoms with Crippen molar-refractivity contribution in [1.29, 1.82) is 0 Å². The molecule has 1 aromatic heterocycles. The Morgan fingerprint density at radius 1 is 0.885 bits per heavy atom. The van der Waals surface area contributed by atoms with Gasteiger partial charge in [0.05, 0.1) is 11.1 Å². The van der Waals surface area contributed by atoms with Gasteiger partial charge in [-0.05, 0) is 41.5 Å². The summed E-state index contributed by atoms with van der Waals surface area (Å²) in [6.07, 6.45) is -8.27. The van der Waals surface area contributed by atoms with Gasteiger partial charge in [0, 0.05) is 17.6 Å². The summed E-state index contributed by atoms with van der Waals surface area (Å²) in [7, 11) is 0. The van der Waals surface area contributed by atoms with Crippen LogP contribution in [0.15, 0.2) is 48.7 Å². The van der Waals surface area contributed by atoms with Crippen LogP contribution >= 0.6 is 0 Å². The molecule has 0 amide bonds. The molecular formula is C17H9F6NO2. The summed E-state index contributed by atoms with van der Waals surface area (Å²) < 4.78 is 79.4. The van der Waals surface area contributed by atoms with Crippen LogP contribution in [0.1, 0.15) is 5.56 Å². The molecule has 0 spiro atoms. The third-order valence-corrected chi connectivity index (χ3v) is 3.51. The molecule has 0 aliphatic heterocycles. The number of aromatic nitrogens is 1. The van der Waals surface area contributed by atoms with Crippen LogP contribution in [0.5, 0.6) is 11.5 Å². The highest BCUT2D eigenvalue weighted by molar-refractivity contribution is 5.95. The van der Waals surface area contributed by atoms with Crippen LogP contribution in [0.25, 0.3) is 22.0 Å². The minimum atomic E-state index is -4.95. The number of halogens is 6. The van der Waals surface area contributed by atoms with Crippen LogP contribution in [0, 0.1) is 0 Å². The number of aromatic hydroxyl groups is 1. The van der Waals surface area contributed by atoms with Gasteiger partial charge in [0.15, 0.2) is 0 Å². The maximum atomic E-state index is 12.8. The Balaban J connectivity index is 2.14. The van der Waals surface area contributed by atoms with Gasteiger partial charge in [0.25, 0.3) is 0 Å². The number of alkyl halides is 6. The number of hydrogen-bond acceptors (Lipinski definition) is 3. The summed E-state index contributed by atoms with van der Waals surface area (Å²) in [6.45, 7) is 0. The van der Waals surface area contributed by atoms with E-state index >= 15 is 0 Å². The van der Waals surface area contributed by atoms with E-state index in [9.17, 15) is 31.4 Å². The highest BCUT2D eigenvalue weighted by atomic mass is 19.4. The van der Waals surface area contributed by atoms with Crippen LogP contribution in [-0.4, -0.2) is 16.5 Å². The topological polar surface area (TPSA) is 42.4 Å². The molecule has 0 aliphatic rings. The summed E-state index contributed by atoms with van der Waals surface area (Å²) in [6, 6.07) is 7.27. The monoisotopic (exact) mass is 373 g/mol. The lowest BCUT2D eigenvalue weighted by atomic mass is 9.99. The minimum Gasteiger partial charge on any atom is -0.508 e. The van der Waals surface area contributed by atoms with Crippen molar-refractivity contribution in [3.63, 3.8) is 0 Å². The molecular weight excluding hydrogens is 364 g/mol. The van der Waals surface area contributed by atoms with Crippen molar-refractivity contribution in [2.24, 2.45) is 0 Å². The fourth-order valence-electron chi connectivity index (χ4n) is 2.51. The second kappa shape index (κ2) is 6.08. The lowest BCUT2D eigenvalue weighted by Crippen LogP contribution is -2.17. The smallest absolute Gasteiger partial charge is 0.508 e. The van der Waals surface area contributed by atoms with E-state index < -0.39 is 29.6 Å². The molecule has 3 rings (SSSR count). The van der Waals surface area contributed by atoms with Gasteiger partial charge in [-0.2, -0.15) is 13.2 Å². The Labute approximate surface area is 142 Å². The van der Waals surface area contributed by atoms with Gasteiger partial charge in [0.2, 0.25) is 0 Å². The van der Waals surface area contributed by atoms with Crippen molar-refractivity contribution in [3.8, 4) is 22.6 Å². The highest BCUT2D eigenvalue weighted by Crippen LogP contribution is 2.37. The molecule has 0 unspecified atom stereocenters. The maximum absolute atomic E-state index is 12.8. The number of pyridine rings is 1. The fraction of sp³-hybridized carbons (Fsp3) is 0.118. The van der Waals surface area contributed by atoms with E-state index in [0.717, 1.165) is 24.3 Å². The van der Waals surface area contributed by atoms with Gasteiger partial charge < -0.3 is 9.84 Å². The third kappa shape index (κ3) is 3.81. The quantitative estimate of drug-likeness (QED) is 0.601. The number of hydrogen-bond donors (Lipinski definition) is 1. The molecule has 136 valence electrons.